The summed E-state index contributed by atoms with van der Waals surface area (Å²) in [5.41, 5.74) is 4.53. The van der Waals surface area contributed by atoms with Crippen molar-refractivity contribution in [2.24, 2.45) is 5.73 Å². The summed E-state index contributed by atoms with van der Waals surface area (Å²) in [5, 5.41) is 9.25. The van der Waals surface area contributed by atoms with Crippen molar-refractivity contribution in [2.45, 2.75) is 18.4 Å². The van der Waals surface area contributed by atoms with Crippen LogP contribution >= 0.6 is 11.6 Å². The minimum Gasteiger partial charge on any atom is -0.506 e. The van der Waals surface area contributed by atoms with E-state index in [4.69, 9.17) is 17.3 Å². The van der Waals surface area contributed by atoms with E-state index in [1.54, 1.807) is 0 Å². The van der Waals surface area contributed by atoms with Crippen LogP contribution in [0.15, 0.2) is 6.07 Å². The summed E-state index contributed by atoms with van der Waals surface area (Å²) in [6.45, 7) is 0. The number of rotatable bonds is 1. The molecule has 0 heterocycles. The van der Waals surface area contributed by atoms with Crippen molar-refractivity contribution in [2.75, 3.05) is 0 Å². The Morgan fingerprint density at radius 2 is 2.00 bits per heavy atom. The highest BCUT2D eigenvalue weighted by molar-refractivity contribution is 6.32. The lowest BCUT2D eigenvalue weighted by Crippen LogP contribution is -2.21. The molecule has 1 aromatic rings. The molecule has 0 aromatic heterocycles. The summed E-state index contributed by atoms with van der Waals surface area (Å²) in [7, 11) is 0. The highest BCUT2D eigenvalue weighted by atomic mass is 35.5. The summed E-state index contributed by atoms with van der Waals surface area (Å²) in [5.74, 6) is -2.64. The molecule has 1 aliphatic rings. The predicted octanol–water partition coefficient (Wildman–Crippen LogP) is 2.27. The van der Waals surface area contributed by atoms with Gasteiger partial charge >= 0.3 is 0 Å². The third kappa shape index (κ3) is 1.26. The first-order valence-corrected chi connectivity index (χ1v) is 4.49. The summed E-state index contributed by atoms with van der Waals surface area (Å²) < 4.78 is 26.3. The number of phenols is 1. The standard InChI is InChI=1S/C9H8ClF2NO/c10-4-3-5(11)7(12)6(8(4)14)9(13)1-2-9/h3,14H,1-2,13H2. The van der Waals surface area contributed by atoms with Crippen LogP contribution in [0.25, 0.3) is 0 Å². The zero-order valence-electron chi connectivity index (χ0n) is 7.15. The van der Waals surface area contributed by atoms with Gasteiger partial charge in [0.05, 0.1) is 10.6 Å². The second-order valence-electron chi connectivity index (χ2n) is 3.53. The monoisotopic (exact) mass is 219 g/mol. The number of hydrogen-bond donors (Lipinski definition) is 2. The maximum Gasteiger partial charge on any atom is 0.167 e. The van der Waals surface area contributed by atoms with Gasteiger partial charge in [0.15, 0.2) is 11.6 Å². The number of hydrogen-bond acceptors (Lipinski definition) is 2. The van der Waals surface area contributed by atoms with Crippen molar-refractivity contribution < 1.29 is 13.9 Å². The third-order valence-corrected chi connectivity index (χ3v) is 2.72. The average Bonchev–Trinajstić information content (AvgIpc) is 2.81. The molecule has 0 unspecified atom stereocenters. The molecule has 5 heteroatoms. The van der Waals surface area contributed by atoms with Crippen molar-refractivity contribution >= 4 is 11.6 Å². The quantitative estimate of drug-likeness (QED) is 0.712. The number of aromatic hydroxyl groups is 1. The van der Waals surface area contributed by atoms with Gasteiger partial charge in [-0.1, -0.05) is 11.6 Å². The predicted molar refractivity (Wildman–Crippen MR) is 48.1 cm³/mol. The lowest BCUT2D eigenvalue weighted by molar-refractivity contribution is 0.428. The molecule has 1 aliphatic carbocycles. The van der Waals surface area contributed by atoms with Gasteiger partial charge in [0.2, 0.25) is 0 Å². The first kappa shape index (κ1) is 9.68. The normalized spacial score (nSPS) is 18.3. The molecule has 0 spiro atoms. The van der Waals surface area contributed by atoms with Crippen LogP contribution in [0.4, 0.5) is 8.78 Å². The Morgan fingerprint density at radius 3 is 2.50 bits per heavy atom. The molecule has 0 amide bonds. The number of phenolic OH excluding ortho intramolecular Hbond substituents is 1. The average molecular weight is 220 g/mol. The fourth-order valence-corrected chi connectivity index (χ4v) is 1.62. The minimum absolute atomic E-state index is 0.206. The van der Waals surface area contributed by atoms with Crippen molar-refractivity contribution in [3.63, 3.8) is 0 Å². The Kier molecular flexibility index (Phi) is 1.94. The first-order chi connectivity index (χ1) is 6.46. The fourth-order valence-electron chi connectivity index (χ4n) is 1.42. The number of halogens is 3. The highest BCUT2D eigenvalue weighted by Gasteiger charge is 2.45. The second kappa shape index (κ2) is 2.81. The minimum atomic E-state index is -1.10. The first-order valence-electron chi connectivity index (χ1n) is 4.11. The molecular formula is C9H8ClF2NO. The zero-order valence-corrected chi connectivity index (χ0v) is 7.91. The number of nitrogens with two attached hydrogens (primary N) is 1. The van der Waals surface area contributed by atoms with Gasteiger partial charge in [-0.25, -0.2) is 8.78 Å². The molecule has 1 fully saturated rings. The van der Waals surface area contributed by atoms with Crippen LogP contribution in [0.2, 0.25) is 5.02 Å². The van der Waals surface area contributed by atoms with E-state index in [1.165, 1.54) is 0 Å². The van der Waals surface area contributed by atoms with E-state index in [9.17, 15) is 13.9 Å². The van der Waals surface area contributed by atoms with Gasteiger partial charge in [0, 0.05) is 5.54 Å². The Hall–Kier alpha value is -0.870. The Labute approximate surface area is 84.3 Å². The van der Waals surface area contributed by atoms with Gasteiger partial charge in [0.1, 0.15) is 5.75 Å². The summed E-state index contributed by atoms with van der Waals surface area (Å²) in [4.78, 5) is 0. The molecule has 76 valence electrons. The lowest BCUT2D eigenvalue weighted by Gasteiger charge is -2.13. The van der Waals surface area contributed by atoms with Crippen molar-refractivity contribution in [1.82, 2.24) is 0 Å². The van der Waals surface area contributed by atoms with Crippen LogP contribution in [-0.4, -0.2) is 5.11 Å². The number of benzene rings is 1. The smallest absolute Gasteiger partial charge is 0.167 e. The van der Waals surface area contributed by atoms with E-state index >= 15 is 0 Å². The lowest BCUT2D eigenvalue weighted by atomic mass is 10.0. The van der Waals surface area contributed by atoms with E-state index in [-0.39, 0.29) is 10.6 Å². The zero-order chi connectivity index (χ0) is 10.5. The highest BCUT2D eigenvalue weighted by Crippen LogP contribution is 2.49. The molecule has 1 saturated carbocycles. The molecule has 1 aromatic carbocycles. The molecule has 0 bridgehead atoms. The molecule has 2 rings (SSSR count). The van der Waals surface area contributed by atoms with Crippen molar-refractivity contribution in [3.05, 3.63) is 28.3 Å². The maximum atomic E-state index is 13.3. The second-order valence-corrected chi connectivity index (χ2v) is 3.94. The van der Waals surface area contributed by atoms with Gasteiger partial charge in [-0.3, -0.25) is 0 Å². The van der Waals surface area contributed by atoms with Gasteiger partial charge in [-0.2, -0.15) is 0 Å². The third-order valence-electron chi connectivity index (χ3n) is 2.43. The molecule has 2 nitrogen and oxygen atoms in total. The van der Waals surface area contributed by atoms with Gasteiger partial charge in [-0.15, -0.1) is 0 Å². The molecule has 0 saturated heterocycles. The molecule has 14 heavy (non-hydrogen) atoms. The van der Waals surface area contributed by atoms with Crippen LogP contribution in [0.5, 0.6) is 5.75 Å². The molecule has 3 N–H and O–H groups in total. The largest absolute Gasteiger partial charge is 0.506 e. The van der Waals surface area contributed by atoms with E-state index in [0.717, 1.165) is 6.07 Å². The van der Waals surface area contributed by atoms with Gasteiger partial charge in [0.25, 0.3) is 0 Å². The summed E-state index contributed by atoms with van der Waals surface area (Å²) in [6, 6.07) is 0.738. The van der Waals surface area contributed by atoms with Crippen LogP contribution in [0, 0.1) is 11.6 Å². The molecular weight excluding hydrogens is 212 g/mol. The van der Waals surface area contributed by atoms with Crippen molar-refractivity contribution in [1.29, 1.82) is 0 Å². The van der Waals surface area contributed by atoms with E-state index in [1.807, 2.05) is 0 Å². The molecule has 0 atom stereocenters. The van der Waals surface area contributed by atoms with Gasteiger partial charge in [-0.05, 0) is 18.9 Å². The van der Waals surface area contributed by atoms with Crippen LogP contribution in [0.1, 0.15) is 18.4 Å². The van der Waals surface area contributed by atoms with Gasteiger partial charge < -0.3 is 10.8 Å². The van der Waals surface area contributed by atoms with Crippen LogP contribution in [-0.2, 0) is 5.54 Å². The van der Waals surface area contributed by atoms with E-state index in [0.29, 0.717) is 12.8 Å². The molecule has 0 aliphatic heterocycles. The van der Waals surface area contributed by atoms with Crippen LogP contribution < -0.4 is 5.73 Å². The van der Waals surface area contributed by atoms with Crippen molar-refractivity contribution in [3.8, 4) is 5.75 Å². The van der Waals surface area contributed by atoms with E-state index in [2.05, 4.69) is 0 Å². The Balaban J connectivity index is 2.68. The topological polar surface area (TPSA) is 46.2 Å². The van der Waals surface area contributed by atoms with E-state index < -0.39 is 22.9 Å². The van der Waals surface area contributed by atoms with Crippen LogP contribution in [0.3, 0.4) is 0 Å². The summed E-state index contributed by atoms with van der Waals surface area (Å²) in [6.07, 6.45) is 1.05. The fraction of sp³-hybridized carbons (Fsp3) is 0.333. The summed E-state index contributed by atoms with van der Waals surface area (Å²) >= 11 is 5.51. The Morgan fingerprint density at radius 1 is 1.43 bits per heavy atom. The molecule has 0 radical (unpaired) electrons. The Bertz CT molecular complexity index is 378. The maximum absolute atomic E-state index is 13.3. The SMILES string of the molecule is NC1(c2c(O)c(Cl)cc(F)c2F)CC1.